The third-order valence-corrected chi connectivity index (χ3v) is 4.70. The molecule has 1 aromatic heterocycles. The van der Waals surface area contributed by atoms with E-state index in [1.165, 1.54) is 11.3 Å². The van der Waals surface area contributed by atoms with Crippen LogP contribution in [0.2, 0.25) is 0 Å². The molecule has 0 unspecified atom stereocenters. The summed E-state index contributed by atoms with van der Waals surface area (Å²) < 4.78 is 0. The normalized spacial score (nSPS) is 17.2. The minimum absolute atomic E-state index is 0.0497. The Morgan fingerprint density at radius 2 is 2.32 bits per heavy atom. The van der Waals surface area contributed by atoms with Crippen molar-refractivity contribution in [3.05, 3.63) is 21.4 Å². The largest absolute Gasteiger partial charge is 0.384 e. The SMILES string of the molecule is Cc1cc(C(=O)N2CCCC2(C)C)sc1C#CCO. The van der Waals surface area contributed by atoms with Crippen LogP contribution in [0.25, 0.3) is 0 Å². The number of likely N-dealkylation sites (tertiary alicyclic amines) is 1. The van der Waals surface area contributed by atoms with Crippen LogP contribution in [0.3, 0.4) is 0 Å². The van der Waals surface area contributed by atoms with Gasteiger partial charge >= 0.3 is 0 Å². The molecule has 1 N–H and O–H groups in total. The number of hydrogen-bond donors (Lipinski definition) is 1. The molecule has 0 aromatic carbocycles. The Balaban J connectivity index is 2.25. The highest BCUT2D eigenvalue weighted by atomic mass is 32.1. The quantitative estimate of drug-likeness (QED) is 0.801. The topological polar surface area (TPSA) is 40.5 Å². The van der Waals surface area contributed by atoms with E-state index in [9.17, 15) is 4.79 Å². The van der Waals surface area contributed by atoms with Crippen molar-refractivity contribution in [1.29, 1.82) is 0 Å². The van der Waals surface area contributed by atoms with Gasteiger partial charge in [0.15, 0.2) is 0 Å². The molecule has 0 saturated carbocycles. The molecule has 3 nitrogen and oxygen atoms in total. The van der Waals surface area contributed by atoms with Crippen LogP contribution in [-0.4, -0.2) is 34.6 Å². The number of nitrogens with zero attached hydrogens (tertiary/aromatic N) is 1. The van der Waals surface area contributed by atoms with Crippen molar-refractivity contribution in [2.24, 2.45) is 0 Å². The number of hydrogen-bond acceptors (Lipinski definition) is 3. The summed E-state index contributed by atoms with van der Waals surface area (Å²) in [5, 5.41) is 8.73. The first-order valence-corrected chi connectivity index (χ1v) is 7.29. The van der Waals surface area contributed by atoms with Crippen molar-refractivity contribution in [3.8, 4) is 11.8 Å². The molecule has 0 aliphatic carbocycles. The van der Waals surface area contributed by atoms with Crippen molar-refractivity contribution in [3.63, 3.8) is 0 Å². The summed E-state index contributed by atoms with van der Waals surface area (Å²) in [6.45, 7) is 6.86. The van der Waals surface area contributed by atoms with Gasteiger partial charge in [-0.15, -0.1) is 11.3 Å². The van der Waals surface area contributed by atoms with Crippen LogP contribution < -0.4 is 0 Å². The van der Waals surface area contributed by atoms with Crippen LogP contribution in [0, 0.1) is 18.8 Å². The van der Waals surface area contributed by atoms with Crippen molar-refractivity contribution in [2.75, 3.05) is 13.2 Å². The first-order chi connectivity index (χ1) is 8.95. The van der Waals surface area contributed by atoms with Gasteiger partial charge < -0.3 is 10.0 Å². The van der Waals surface area contributed by atoms with E-state index in [-0.39, 0.29) is 18.1 Å². The fourth-order valence-electron chi connectivity index (χ4n) is 2.45. The number of aliphatic hydroxyl groups excluding tert-OH is 1. The summed E-state index contributed by atoms with van der Waals surface area (Å²) in [6, 6.07) is 1.91. The number of carbonyl (C=O) groups excluding carboxylic acids is 1. The zero-order valence-corrected chi connectivity index (χ0v) is 12.4. The number of amides is 1. The first kappa shape index (κ1) is 14.1. The molecule has 1 fully saturated rings. The van der Waals surface area contributed by atoms with Gasteiger partial charge in [-0.1, -0.05) is 11.8 Å². The van der Waals surface area contributed by atoms with Gasteiger partial charge in [-0.2, -0.15) is 0 Å². The molecule has 1 amide bonds. The second-order valence-electron chi connectivity index (χ2n) is 5.46. The maximum Gasteiger partial charge on any atom is 0.264 e. The molecular weight excluding hydrogens is 258 g/mol. The lowest BCUT2D eigenvalue weighted by Crippen LogP contribution is -2.42. The van der Waals surface area contributed by atoms with Crippen LogP contribution in [-0.2, 0) is 0 Å². The number of thiophene rings is 1. The zero-order chi connectivity index (χ0) is 14.0. The predicted molar refractivity (Wildman–Crippen MR) is 77.4 cm³/mol. The number of aryl methyl sites for hydroxylation is 1. The van der Waals surface area contributed by atoms with Crippen molar-refractivity contribution in [1.82, 2.24) is 4.90 Å². The molecule has 4 heteroatoms. The monoisotopic (exact) mass is 277 g/mol. The minimum Gasteiger partial charge on any atom is -0.384 e. The molecule has 0 spiro atoms. The van der Waals surface area contributed by atoms with E-state index in [1.54, 1.807) is 0 Å². The Morgan fingerprint density at radius 1 is 1.58 bits per heavy atom. The molecule has 2 rings (SSSR count). The molecule has 1 aromatic rings. The van der Waals surface area contributed by atoms with Crippen LogP contribution in [0.15, 0.2) is 6.07 Å². The molecule has 0 bridgehead atoms. The molecule has 1 aliphatic rings. The van der Waals surface area contributed by atoms with Gasteiger partial charge in [-0.3, -0.25) is 4.79 Å². The first-order valence-electron chi connectivity index (χ1n) is 6.48. The lowest BCUT2D eigenvalue weighted by molar-refractivity contribution is 0.0657. The van der Waals surface area contributed by atoms with E-state index in [0.717, 1.165) is 34.7 Å². The molecule has 102 valence electrons. The lowest BCUT2D eigenvalue weighted by Gasteiger charge is -2.31. The van der Waals surface area contributed by atoms with E-state index in [0.29, 0.717) is 0 Å². The summed E-state index contributed by atoms with van der Waals surface area (Å²) in [7, 11) is 0. The highest BCUT2D eigenvalue weighted by molar-refractivity contribution is 7.14. The van der Waals surface area contributed by atoms with Gasteiger partial charge in [-0.05, 0) is 45.2 Å². The molecule has 0 radical (unpaired) electrons. The van der Waals surface area contributed by atoms with E-state index in [4.69, 9.17) is 5.11 Å². The van der Waals surface area contributed by atoms with Crippen LogP contribution in [0.4, 0.5) is 0 Å². The fraction of sp³-hybridized carbons (Fsp3) is 0.533. The predicted octanol–water partition coefficient (Wildman–Crippen LogP) is 2.41. The molecule has 2 heterocycles. The van der Waals surface area contributed by atoms with Crippen molar-refractivity contribution in [2.45, 2.75) is 39.2 Å². The zero-order valence-electron chi connectivity index (χ0n) is 11.6. The van der Waals surface area contributed by atoms with Crippen LogP contribution in [0.1, 0.15) is 46.8 Å². The van der Waals surface area contributed by atoms with Gasteiger partial charge in [0.2, 0.25) is 0 Å². The molecule has 19 heavy (non-hydrogen) atoms. The Bertz CT molecular complexity index is 548. The Hall–Kier alpha value is -1.31. The summed E-state index contributed by atoms with van der Waals surface area (Å²) in [6.07, 6.45) is 2.13. The summed E-state index contributed by atoms with van der Waals surface area (Å²) in [5.41, 5.74) is 0.956. The van der Waals surface area contributed by atoms with Crippen LogP contribution in [0.5, 0.6) is 0 Å². The molecule has 1 aliphatic heterocycles. The fourth-order valence-corrected chi connectivity index (χ4v) is 3.44. The Kier molecular flexibility index (Phi) is 3.98. The lowest BCUT2D eigenvalue weighted by atomic mass is 10.0. The minimum atomic E-state index is -0.153. The maximum absolute atomic E-state index is 12.5. The Labute approximate surface area is 118 Å². The third kappa shape index (κ3) is 2.83. The molecular formula is C15H19NO2S. The van der Waals surface area contributed by atoms with Crippen molar-refractivity contribution < 1.29 is 9.90 Å². The average Bonchev–Trinajstić information content (AvgIpc) is 2.89. The second-order valence-corrected chi connectivity index (χ2v) is 6.51. The maximum atomic E-state index is 12.5. The smallest absolute Gasteiger partial charge is 0.264 e. The van der Waals surface area contributed by atoms with E-state index >= 15 is 0 Å². The van der Waals surface area contributed by atoms with Gasteiger partial charge in [0.05, 0.1) is 9.75 Å². The van der Waals surface area contributed by atoms with Crippen molar-refractivity contribution >= 4 is 17.2 Å². The van der Waals surface area contributed by atoms with E-state index in [1.807, 2.05) is 17.9 Å². The van der Waals surface area contributed by atoms with Gasteiger partial charge in [-0.25, -0.2) is 0 Å². The molecule has 1 saturated heterocycles. The number of rotatable bonds is 1. The third-order valence-electron chi connectivity index (χ3n) is 3.56. The Morgan fingerprint density at radius 3 is 2.89 bits per heavy atom. The molecule has 0 atom stereocenters. The van der Waals surface area contributed by atoms with Crippen LogP contribution >= 0.6 is 11.3 Å². The highest BCUT2D eigenvalue weighted by Gasteiger charge is 2.36. The van der Waals surface area contributed by atoms with Gasteiger partial charge in [0.1, 0.15) is 6.61 Å². The van der Waals surface area contributed by atoms with Gasteiger partial charge in [0, 0.05) is 12.1 Å². The number of carbonyl (C=O) groups is 1. The number of aliphatic hydroxyl groups is 1. The van der Waals surface area contributed by atoms with E-state index < -0.39 is 0 Å². The van der Waals surface area contributed by atoms with E-state index in [2.05, 4.69) is 25.7 Å². The highest BCUT2D eigenvalue weighted by Crippen LogP contribution is 2.32. The average molecular weight is 277 g/mol. The summed E-state index contributed by atoms with van der Waals surface area (Å²) in [4.78, 5) is 16.1. The standard InChI is InChI=1S/C15H19NO2S/c1-11-10-13(19-12(11)6-4-9-17)14(18)16-8-5-7-15(16,2)3/h10,17H,5,7-9H2,1-3H3. The summed E-state index contributed by atoms with van der Waals surface area (Å²) in [5.74, 6) is 5.64. The summed E-state index contributed by atoms with van der Waals surface area (Å²) >= 11 is 1.42. The van der Waals surface area contributed by atoms with Gasteiger partial charge in [0.25, 0.3) is 5.91 Å². The second kappa shape index (κ2) is 5.36.